The van der Waals surface area contributed by atoms with Gasteiger partial charge in [0.05, 0.1) is 31.0 Å². The first kappa shape index (κ1) is 20.4. The molecule has 0 spiro atoms. The average Bonchev–Trinajstić information content (AvgIpc) is 3.22. The number of methoxy groups -OCH3 is 1. The molecule has 1 aromatic heterocycles. The van der Waals surface area contributed by atoms with Crippen molar-refractivity contribution in [2.24, 2.45) is 0 Å². The van der Waals surface area contributed by atoms with Crippen LogP contribution in [-0.2, 0) is 4.79 Å². The first-order valence-electron chi connectivity index (χ1n) is 8.96. The summed E-state index contributed by atoms with van der Waals surface area (Å²) in [5, 5.41) is 17.3. The van der Waals surface area contributed by atoms with Crippen molar-refractivity contribution in [3.63, 3.8) is 0 Å². The van der Waals surface area contributed by atoms with Crippen molar-refractivity contribution in [2.45, 2.75) is 18.6 Å². The SMILES string of the molecule is COc1ccccc1N(CCC#N)C(=O)CSc1nnc(-c2cccc(C)c2)o1. The fourth-order valence-corrected chi connectivity index (χ4v) is 3.40. The standard InChI is InChI=1S/C21H20N4O3S/c1-15-7-5-8-16(13-15)20-23-24-21(28-20)29-14-19(26)25(12-6-11-22)17-9-3-4-10-18(17)27-2/h3-5,7-10,13H,6,12,14H2,1-2H3. The molecular weight excluding hydrogens is 388 g/mol. The summed E-state index contributed by atoms with van der Waals surface area (Å²) >= 11 is 1.16. The fraction of sp³-hybridized carbons (Fsp3) is 0.238. The van der Waals surface area contributed by atoms with Crippen molar-refractivity contribution in [3.05, 3.63) is 54.1 Å². The van der Waals surface area contributed by atoms with Crippen molar-refractivity contribution >= 4 is 23.4 Å². The molecule has 0 saturated heterocycles. The highest BCUT2D eigenvalue weighted by molar-refractivity contribution is 7.99. The summed E-state index contributed by atoms with van der Waals surface area (Å²) in [5.74, 6) is 0.905. The summed E-state index contributed by atoms with van der Waals surface area (Å²) in [6, 6.07) is 17.1. The molecule has 0 radical (unpaired) electrons. The number of nitrogens with zero attached hydrogens (tertiary/aromatic N) is 4. The molecule has 0 fully saturated rings. The van der Waals surface area contributed by atoms with Gasteiger partial charge in [-0.25, -0.2) is 0 Å². The van der Waals surface area contributed by atoms with Gasteiger partial charge in [0.1, 0.15) is 5.75 Å². The van der Waals surface area contributed by atoms with Crippen LogP contribution in [0.25, 0.3) is 11.5 Å². The maximum Gasteiger partial charge on any atom is 0.277 e. The van der Waals surface area contributed by atoms with E-state index in [9.17, 15) is 4.79 Å². The van der Waals surface area contributed by atoms with Crippen molar-refractivity contribution < 1.29 is 13.9 Å². The Morgan fingerprint density at radius 2 is 2.07 bits per heavy atom. The number of anilines is 1. The molecule has 0 saturated carbocycles. The van der Waals surface area contributed by atoms with Gasteiger partial charge >= 0.3 is 0 Å². The van der Waals surface area contributed by atoms with Crippen LogP contribution < -0.4 is 9.64 Å². The molecule has 0 N–H and O–H groups in total. The summed E-state index contributed by atoms with van der Waals surface area (Å²) in [5.41, 5.74) is 2.55. The molecule has 29 heavy (non-hydrogen) atoms. The molecule has 8 heteroatoms. The Labute approximate surface area is 173 Å². The van der Waals surface area contributed by atoms with E-state index in [1.54, 1.807) is 24.1 Å². The number of ether oxygens (including phenoxy) is 1. The van der Waals surface area contributed by atoms with Crippen LogP contribution in [0.2, 0.25) is 0 Å². The van der Waals surface area contributed by atoms with E-state index >= 15 is 0 Å². The van der Waals surface area contributed by atoms with Gasteiger partial charge in [-0.05, 0) is 31.2 Å². The number of aromatic nitrogens is 2. The predicted octanol–water partition coefficient (Wildman–Crippen LogP) is 4.09. The smallest absolute Gasteiger partial charge is 0.277 e. The number of rotatable bonds is 8. The van der Waals surface area contributed by atoms with E-state index in [2.05, 4.69) is 16.3 Å². The maximum absolute atomic E-state index is 12.9. The van der Waals surface area contributed by atoms with Crippen LogP contribution in [0.1, 0.15) is 12.0 Å². The molecule has 0 aliphatic carbocycles. The third-order valence-corrected chi connectivity index (χ3v) is 4.92. The number of carbonyl (C=O) groups is 1. The second-order valence-corrected chi connectivity index (χ2v) is 7.08. The number of hydrogen-bond donors (Lipinski definition) is 0. The Bertz CT molecular complexity index is 1030. The Morgan fingerprint density at radius 3 is 2.83 bits per heavy atom. The van der Waals surface area contributed by atoms with E-state index < -0.39 is 0 Å². The quantitative estimate of drug-likeness (QED) is 0.518. The molecule has 7 nitrogen and oxygen atoms in total. The third-order valence-electron chi connectivity index (χ3n) is 4.11. The summed E-state index contributed by atoms with van der Waals surface area (Å²) in [6.45, 7) is 2.26. The molecule has 0 unspecified atom stereocenters. The fourth-order valence-electron chi connectivity index (χ4n) is 2.76. The zero-order chi connectivity index (χ0) is 20.6. The van der Waals surface area contributed by atoms with Gasteiger partial charge in [0.15, 0.2) is 0 Å². The minimum absolute atomic E-state index is 0.0962. The van der Waals surface area contributed by atoms with E-state index in [1.807, 2.05) is 43.3 Å². The van der Waals surface area contributed by atoms with E-state index in [4.69, 9.17) is 14.4 Å². The Balaban J connectivity index is 1.71. The van der Waals surface area contributed by atoms with Crippen LogP contribution in [0, 0.1) is 18.3 Å². The second-order valence-electron chi connectivity index (χ2n) is 6.16. The van der Waals surface area contributed by atoms with Gasteiger partial charge in [-0.3, -0.25) is 4.79 Å². The minimum atomic E-state index is -0.176. The van der Waals surface area contributed by atoms with Crippen LogP contribution in [-0.4, -0.2) is 35.5 Å². The minimum Gasteiger partial charge on any atom is -0.495 e. The normalized spacial score (nSPS) is 10.4. The van der Waals surface area contributed by atoms with E-state index in [0.717, 1.165) is 22.9 Å². The largest absolute Gasteiger partial charge is 0.495 e. The van der Waals surface area contributed by atoms with Crippen LogP contribution in [0.3, 0.4) is 0 Å². The Kier molecular flexibility index (Phi) is 6.87. The maximum atomic E-state index is 12.9. The van der Waals surface area contributed by atoms with Crippen LogP contribution in [0.4, 0.5) is 5.69 Å². The van der Waals surface area contributed by atoms with Gasteiger partial charge in [0.25, 0.3) is 5.22 Å². The summed E-state index contributed by atoms with van der Waals surface area (Å²) in [7, 11) is 1.55. The zero-order valence-electron chi connectivity index (χ0n) is 16.2. The molecule has 0 aliphatic rings. The lowest BCUT2D eigenvalue weighted by Crippen LogP contribution is -2.33. The number of aryl methyl sites for hydroxylation is 1. The highest BCUT2D eigenvalue weighted by Gasteiger charge is 2.20. The Morgan fingerprint density at radius 1 is 1.24 bits per heavy atom. The lowest BCUT2D eigenvalue weighted by Gasteiger charge is -2.23. The summed E-state index contributed by atoms with van der Waals surface area (Å²) in [6.07, 6.45) is 0.215. The highest BCUT2D eigenvalue weighted by atomic mass is 32.2. The molecule has 148 valence electrons. The lowest BCUT2D eigenvalue weighted by molar-refractivity contribution is -0.116. The molecule has 2 aromatic carbocycles. The van der Waals surface area contributed by atoms with Gasteiger partial charge < -0.3 is 14.1 Å². The van der Waals surface area contributed by atoms with E-state index in [-0.39, 0.29) is 24.6 Å². The first-order chi connectivity index (χ1) is 14.1. The highest BCUT2D eigenvalue weighted by Crippen LogP contribution is 2.29. The number of amides is 1. The van der Waals surface area contributed by atoms with Gasteiger partial charge in [-0.1, -0.05) is 41.6 Å². The molecule has 0 atom stereocenters. The lowest BCUT2D eigenvalue weighted by atomic mass is 10.1. The van der Waals surface area contributed by atoms with Crippen molar-refractivity contribution in [3.8, 4) is 23.3 Å². The van der Waals surface area contributed by atoms with Gasteiger partial charge in [-0.2, -0.15) is 5.26 Å². The molecular formula is C21H20N4O3S. The van der Waals surface area contributed by atoms with Gasteiger partial charge in [0, 0.05) is 12.1 Å². The second kappa shape index (κ2) is 9.75. The number of nitriles is 1. The molecule has 1 heterocycles. The monoisotopic (exact) mass is 408 g/mol. The van der Waals surface area contributed by atoms with E-state index in [0.29, 0.717) is 22.6 Å². The first-order valence-corrected chi connectivity index (χ1v) is 9.94. The van der Waals surface area contributed by atoms with Crippen molar-refractivity contribution in [1.82, 2.24) is 10.2 Å². The summed E-state index contributed by atoms with van der Waals surface area (Å²) < 4.78 is 11.0. The number of benzene rings is 2. The molecule has 1 amide bonds. The molecule has 3 aromatic rings. The van der Waals surface area contributed by atoms with Crippen LogP contribution in [0.5, 0.6) is 5.75 Å². The average molecular weight is 408 g/mol. The van der Waals surface area contributed by atoms with Crippen LogP contribution >= 0.6 is 11.8 Å². The van der Waals surface area contributed by atoms with Crippen molar-refractivity contribution in [1.29, 1.82) is 5.26 Å². The topological polar surface area (TPSA) is 92.2 Å². The number of thioether (sulfide) groups is 1. The third kappa shape index (κ3) is 5.15. The number of hydrogen-bond acceptors (Lipinski definition) is 7. The zero-order valence-corrected chi connectivity index (χ0v) is 17.0. The van der Waals surface area contributed by atoms with Gasteiger partial charge in [0.2, 0.25) is 11.8 Å². The Hall–Kier alpha value is -3.31. The number of para-hydroxylation sites is 2. The molecule has 3 rings (SSSR count). The molecule has 0 aliphatic heterocycles. The molecule has 0 bridgehead atoms. The van der Waals surface area contributed by atoms with Gasteiger partial charge in [-0.15, -0.1) is 10.2 Å². The predicted molar refractivity (Wildman–Crippen MR) is 111 cm³/mol. The summed E-state index contributed by atoms with van der Waals surface area (Å²) in [4.78, 5) is 14.4. The van der Waals surface area contributed by atoms with Crippen LogP contribution in [0.15, 0.2) is 58.2 Å². The van der Waals surface area contributed by atoms with E-state index in [1.165, 1.54) is 0 Å². The number of carbonyl (C=O) groups excluding carboxylic acids is 1. The van der Waals surface area contributed by atoms with Crippen molar-refractivity contribution in [2.75, 3.05) is 24.3 Å².